The van der Waals surface area contributed by atoms with E-state index in [4.69, 9.17) is 8.23 Å². The van der Waals surface area contributed by atoms with Crippen molar-refractivity contribution >= 4 is 37.1 Å². The minimum Gasteiger partial charge on any atom is -0.468 e. The van der Waals surface area contributed by atoms with Gasteiger partial charge in [-0.05, 0) is 57.9 Å². The lowest BCUT2D eigenvalue weighted by molar-refractivity contribution is -0.158. The summed E-state index contributed by atoms with van der Waals surface area (Å²) >= 11 is 0. The van der Waals surface area contributed by atoms with Crippen molar-refractivity contribution in [1.29, 1.82) is 0 Å². The second kappa shape index (κ2) is 9.09. The van der Waals surface area contributed by atoms with Gasteiger partial charge in [-0.25, -0.2) is 0 Å². The highest BCUT2D eigenvalue weighted by Gasteiger charge is 2.38. The summed E-state index contributed by atoms with van der Waals surface area (Å²) in [4.78, 5) is 23.5. The zero-order valence-corrected chi connectivity index (χ0v) is 19.4. The van der Waals surface area contributed by atoms with Crippen LogP contribution in [0, 0.1) is 5.92 Å². The van der Waals surface area contributed by atoms with Gasteiger partial charge in [0.25, 0.3) is 0 Å². The molecule has 0 saturated carbocycles. The van der Waals surface area contributed by atoms with E-state index in [1.54, 1.807) is 6.08 Å². The lowest BCUT2D eigenvalue weighted by atomic mass is 10.1. The van der Waals surface area contributed by atoms with Crippen molar-refractivity contribution in [3.63, 3.8) is 0 Å². The average molecular weight is 393 g/mol. The molecule has 0 radical (unpaired) electrons. The summed E-state index contributed by atoms with van der Waals surface area (Å²) in [6.45, 7) is 14.7. The third kappa shape index (κ3) is 9.52. The molecule has 0 aromatic heterocycles. The monoisotopic (exact) mass is 392 g/mol. The molecule has 0 amide bonds. The second-order valence-electron chi connectivity index (χ2n) is 7.68. The topological polar surface area (TPSA) is 71.1 Å². The first-order valence-electron chi connectivity index (χ1n) is 7.97. The molecule has 0 bridgehead atoms. The molecule has 0 aliphatic heterocycles. The molecule has 0 unspecified atom stereocenters. The zero-order chi connectivity index (χ0) is 19.2. The van der Waals surface area contributed by atoms with Crippen molar-refractivity contribution < 1.29 is 27.3 Å². The molecule has 0 heterocycles. The van der Waals surface area contributed by atoms with Gasteiger partial charge in [-0.1, -0.05) is 6.08 Å². The van der Waals surface area contributed by atoms with Crippen molar-refractivity contribution in [1.82, 2.24) is 0 Å². The first-order valence-corrected chi connectivity index (χ1v) is 17.2. The number of esters is 2. The van der Waals surface area contributed by atoms with Gasteiger partial charge in [0, 0.05) is 0 Å². The number of methoxy groups -OCH3 is 2. The third-order valence-electron chi connectivity index (χ3n) is 2.78. The molecule has 24 heavy (non-hydrogen) atoms. The molecule has 140 valence electrons. The Bertz CT molecular complexity index is 433. The maximum Gasteiger partial charge on any atom is 0.340 e. The number of ether oxygens (including phenoxy) is 2. The molecule has 0 fully saturated rings. The first-order chi connectivity index (χ1) is 10.7. The smallest absolute Gasteiger partial charge is 0.340 e. The van der Waals surface area contributed by atoms with Crippen LogP contribution in [0.3, 0.4) is 0 Å². The fraction of sp³-hybridized carbons (Fsp3) is 0.733. The van der Waals surface area contributed by atoms with Crippen LogP contribution in [0.1, 0.15) is 6.42 Å². The Morgan fingerprint density at radius 2 is 1.21 bits per heavy atom. The van der Waals surface area contributed by atoms with Gasteiger partial charge in [0.15, 0.2) is 22.6 Å². The van der Waals surface area contributed by atoms with Crippen LogP contribution in [-0.2, 0) is 27.3 Å². The van der Waals surface area contributed by atoms with Gasteiger partial charge < -0.3 is 17.7 Å². The summed E-state index contributed by atoms with van der Waals surface area (Å²) in [5, 5.41) is 0. The highest BCUT2D eigenvalue weighted by atomic mass is 28.5. The largest absolute Gasteiger partial charge is 0.468 e. The molecule has 0 aromatic rings. The molecule has 6 nitrogen and oxygen atoms in total. The lowest BCUT2D eigenvalue weighted by Crippen LogP contribution is -2.51. The number of carbonyl (C=O) groups excluding carboxylic acids is 2. The average Bonchev–Trinajstić information content (AvgIpc) is 2.37. The van der Waals surface area contributed by atoms with Gasteiger partial charge >= 0.3 is 20.5 Å². The van der Waals surface area contributed by atoms with Crippen LogP contribution in [0.25, 0.3) is 0 Å². The number of allylic oxidation sites excluding steroid dienone is 1. The van der Waals surface area contributed by atoms with Gasteiger partial charge in [0.1, 0.15) is 0 Å². The van der Waals surface area contributed by atoms with Crippen LogP contribution in [-0.4, -0.2) is 51.4 Å². The molecular weight excluding hydrogens is 360 g/mol. The second-order valence-corrected chi connectivity index (χ2v) is 20.1. The van der Waals surface area contributed by atoms with E-state index >= 15 is 0 Å². The van der Waals surface area contributed by atoms with Crippen LogP contribution in [0.4, 0.5) is 0 Å². The molecule has 0 aromatic carbocycles. The molecule has 0 spiro atoms. The number of hydrogen-bond acceptors (Lipinski definition) is 6. The van der Waals surface area contributed by atoms with Crippen LogP contribution < -0.4 is 0 Å². The zero-order valence-electron chi connectivity index (χ0n) is 16.4. The molecule has 9 heteroatoms. The fourth-order valence-electron chi connectivity index (χ4n) is 2.30. The molecule has 0 rings (SSSR count). The molecule has 0 atom stereocenters. The van der Waals surface area contributed by atoms with Crippen LogP contribution in [0.2, 0.25) is 45.8 Å². The van der Waals surface area contributed by atoms with Gasteiger partial charge in [-0.2, -0.15) is 0 Å². The SMILES string of the molecule is COC(=O)C(C/C=C\[Si](C)(O[Si](C)(C)C)O[Si](C)(C)C)C(=O)OC. The van der Waals surface area contributed by atoms with Crippen molar-refractivity contribution in [3.05, 3.63) is 11.8 Å². The predicted molar refractivity (Wildman–Crippen MR) is 102 cm³/mol. The van der Waals surface area contributed by atoms with Crippen molar-refractivity contribution in [2.24, 2.45) is 5.92 Å². The summed E-state index contributed by atoms with van der Waals surface area (Å²) in [6.07, 6.45) is 1.98. The minimum absolute atomic E-state index is 0.200. The number of carbonyl (C=O) groups is 2. The van der Waals surface area contributed by atoms with E-state index in [2.05, 4.69) is 48.8 Å². The highest BCUT2D eigenvalue weighted by molar-refractivity contribution is 6.89. The van der Waals surface area contributed by atoms with E-state index in [0.717, 1.165) is 0 Å². The normalized spacial score (nSPS) is 13.4. The van der Waals surface area contributed by atoms with Crippen LogP contribution in [0.5, 0.6) is 0 Å². The Hall–Kier alpha value is -0.749. The first kappa shape index (κ1) is 23.3. The van der Waals surface area contributed by atoms with E-state index in [1.807, 2.05) is 12.2 Å². The van der Waals surface area contributed by atoms with Crippen molar-refractivity contribution in [2.75, 3.05) is 14.2 Å². The van der Waals surface area contributed by atoms with Crippen LogP contribution in [0.15, 0.2) is 11.8 Å². The fourth-order valence-corrected chi connectivity index (χ4v) is 13.7. The minimum atomic E-state index is -2.54. The third-order valence-corrected chi connectivity index (χ3v) is 11.8. The van der Waals surface area contributed by atoms with E-state index in [-0.39, 0.29) is 6.42 Å². The molecular formula is C15H32O6Si3. The van der Waals surface area contributed by atoms with E-state index < -0.39 is 43.1 Å². The maximum atomic E-state index is 11.7. The van der Waals surface area contributed by atoms with Gasteiger partial charge in [0.05, 0.1) is 14.2 Å². The van der Waals surface area contributed by atoms with Gasteiger partial charge in [0.2, 0.25) is 0 Å². The summed E-state index contributed by atoms with van der Waals surface area (Å²) in [5.74, 6) is -2.17. The summed E-state index contributed by atoms with van der Waals surface area (Å²) in [5.41, 5.74) is 1.92. The van der Waals surface area contributed by atoms with Crippen molar-refractivity contribution in [2.45, 2.75) is 52.2 Å². The number of hydrogen-bond donors (Lipinski definition) is 0. The van der Waals surface area contributed by atoms with Crippen LogP contribution >= 0.6 is 0 Å². The Kier molecular flexibility index (Phi) is 8.80. The van der Waals surface area contributed by atoms with E-state index in [9.17, 15) is 9.59 Å². The number of rotatable bonds is 9. The molecule has 0 saturated heterocycles. The van der Waals surface area contributed by atoms with Gasteiger partial charge in [-0.3, -0.25) is 9.59 Å². The van der Waals surface area contributed by atoms with Gasteiger partial charge in [-0.15, -0.1) is 0 Å². The quantitative estimate of drug-likeness (QED) is 0.341. The maximum absolute atomic E-state index is 11.7. The standard InChI is InChI=1S/C15H32O6Si3/c1-18-14(16)13(15(17)19-2)11-10-12-24(9,20-22(3,4)5)21-23(6,7)8/h10,12-13H,11H2,1-9H3/b12-10-. The van der Waals surface area contributed by atoms with E-state index in [1.165, 1.54) is 14.2 Å². The Labute approximate surface area is 149 Å². The summed E-state index contributed by atoms with van der Waals surface area (Å²) < 4.78 is 22.0. The van der Waals surface area contributed by atoms with Crippen molar-refractivity contribution in [3.8, 4) is 0 Å². The Balaban J connectivity index is 5.28. The summed E-state index contributed by atoms with van der Waals surface area (Å²) in [7, 11) is -3.64. The molecule has 0 aliphatic rings. The van der Waals surface area contributed by atoms with E-state index in [0.29, 0.717) is 0 Å². The molecule has 0 aliphatic carbocycles. The lowest BCUT2D eigenvalue weighted by Gasteiger charge is -2.36. The highest BCUT2D eigenvalue weighted by Crippen LogP contribution is 2.22. The predicted octanol–water partition coefficient (Wildman–Crippen LogP) is 3.21. The Morgan fingerprint density at radius 3 is 1.50 bits per heavy atom. The Morgan fingerprint density at radius 1 is 0.833 bits per heavy atom. The molecule has 0 N–H and O–H groups in total. The summed E-state index contributed by atoms with van der Waals surface area (Å²) in [6, 6.07) is 0.